The molecule has 0 bridgehead atoms. The highest BCUT2D eigenvalue weighted by Crippen LogP contribution is 2.24. The number of para-hydroxylation sites is 1. The average Bonchev–Trinajstić information content (AvgIpc) is 3.02. The summed E-state index contributed by atoms with van der Waals surface area (Å²) in [7, 11) is 3.09. The lowest BCUT2D eigenvalue weighted by molar-refractivity contribution is 0.102. The number of carbonyl (C=O) groups is 1. The van der Waals surface area contributed by atoms with Crippen LogP contribution in [0.2, 0.25) is 0 Å². The quantitative estimate of drug-likeness (QED) is 0.774. The molecule has 1 amide bonds. The molecular formula is C19H19N3O3. The zero-order valence-electron chi connectivity index (χ0n) is 14.3. The molecule has 0 saturated carbocycles. The van der Waals surface area contributed by atoms with Gasteiger partial charge in [-0.15, -0.1) is 0 Å². The van der Waals surface area contributed by atoms with Gasteiger partial charge in [-0.1, -0.05) is 18.2 Å². The molecule has 0 fully saturated rings. The molecule has 3 rings (SSSR count). The van der Waals surface area contributed by atoms with Gasteiger partial charge in [-0.3, -0.25) is 4.79 Å². The molecule has 1 heterocycles. The lowest BCUT2D eigenvalue weighted by atomic mass is 10.2. The molecule has 25 heavy (non-hydrogen) atoms. The average molecular weight is 337 g/mol. The molecule has 0 aliphatic rings. The number of carbonyl (C=O) groups excluding carboxylic acids is 1. The summed E-state index contributed by atoms with van der Waals surface area (Å²) in [6.45, 7) is 1.88. The molecule has 0 saturated heterocycles. The number of methoxy groups -OCH3 is 2. The molecule has 2 aromatic carbocycles. The molecule has 6 heteroatoms. The molecule has 0 atom stereocenters. The Balaban J connectivity index is 1.92. The maximum atomic E-state index is 12.7. The molecule has 128 valence electrons. The number of nitrogens with zero attached hydrogens (tertiary/aromatic N) is 2. The van der Waals surface area contributed by atoms with Crippen LogP contribution in [-0.2, 0) is 0 Å². The summed E-state index contributed by atoms with van der Waals surface area (Å²) in [5.41, 5.74) is 2.12. The van der Waals surface area contributed by atoms with Gasteiger partial charge in [0.05, 0.1) is 25.6 Å². The van der Waals surface area contributed by atoms with Crippen molar-refractivity contribution in [2.75, 3.05) is 19.5 Å². The summed E-state index contributed by atoms with van der Waals surface area (Å²) in [5, 5.41) is 7.35. The Labute approximate surface area is 146 Å². The monoisotopic (exact) mass is 337 g/mol. The van der Waals surface area contributed by atoms with Crippen LogP contribution in [0.25, 0.3) is 5.69 Å². The van der Waals surface area contributed by atoms with Crippen molar-refractivity contribution in [2.45, 2.75) is 6.92 Å². The number of rotatable bonds is 5. The first-order chi connectivity index (χ1) is 12.1. The maximum absolute atomic E-state index is 12.7. The Hall–Kier alpha value is -3.28. The minimum atomic E-state index is -0.269. The van der Waals surface area contributed by atoms with E-state index in [2.05, 4.69) is 10.4 Å². The van der Waals surface area contributed by atoms with E-state index in [0.29, 0.717) is 22.9 Å². The van der Waals surface area contributed by atoms with Crippen molar-refractivity contribution < 1.29 is 14.3 Å². The smallest absolute Gasteiger partial charge is 0.257 e. The van der Waals surface area contributed by atoms with Gasteiger partial charge in [0.2, 0.25) is 0 Å². The van der Waals surface area contributed by atoms with E-state index in [0.717, 1.165) is 11.4 Å². The van der Waals surface area contributed by atoms with Crippen LogP contribution >= 0.6 is 0 Å². The largest absolute Gasteiger partial charge is 0.497 e. The summed E-state index contributed by atoms with van der Waals surface area (Å²) in [6, 6.07) is 16.5. The third-order valence-corrected chi connectivity index (χ3v) is 3.69. The van der Waals surface area contributed by atoms with Gasteiger partial charge < -0.3 is 14.8 Å². The fraction of sp³-hybridized carbons (Fsp3) is 0.158. The highest BCUT2D eigenvalue weighted by atomic mass is 16.5. The number of nitrogens with one attached hydrogen (secondary N) is 1. The Bertz CT molecular complexity index is 866. The van der Waals surface area contributed by atoms with Gasteiger partial charge in [0.25, 0.3) is 5.91 Å². The lowest BCUT2D eigenvalue weighted by Crippen LogP contribution is -2.15. The zero-order chi connectivity index (χ0) is 17.8. The van der Waals surface area contributed by atoms with E-state index in [9.17, 15) is 4.79 Å². The van der Waals surface area contributed by atoms with Gasteiger partial charge in [-0.25, -0.2) is 4.68 Å². The van der Waals surface area contributed by atoms with Crippen LogP contribution in [0.5, 0.6) is 11.5 Å². The second-order valence-electron chi connectivity index (χ2n) is 5.47. The first kappa shape index (κ1) is 16.6. The predicted octanol–water partition coefficient (Wildman–Crippen LogP) is 3.45. The molecule has 1 N–H and O–H groups in total. The molecule has 0 aliphatic carbocycles. The molecular weight excluding hydrogens is 318 g/mol. The van der Waals surface area contributed by atoms with E-state index in [1.807, 2.05) is 43.3 Å². The van der Waals surface area contributed by atoms with E-state index >= 15 is 0 Å². The summed E-state index contributed by atoms with van der Waals surface area (Å²) < 4.78 is 12.1. The predicted molar refractivity (Wildman–Crippen MR) is 95.8 cm³/mol. The van der Waals surface area contributed by atoms with E-state index in [-0.39, 0.29) is 5.91 Å². The van der Waals surface area contributed by atoms with Gasteiger partial charge >= 0.3 is 0 Å². The first-order valence-corrected chi connectivity index (χ1v) is 7.77. The molecule has 0 radical (unpaired) electrons. The molecule has 0 spiro atoms. The number of ether oxygens (including phenoxy) is 2. The number of benzene rings is 2. The Morgan fingerprint density at radius 3 is 2.24 bits per heavy atom. The van der Waals surface area contributed by atoms with Crippen LogP contribution in [0.15, 0.2) is 54.6 Å². The Morgan fingerprint density at radius 2 is 1.64 bits per heavy atom. The van der Waals surface area contributed by atoms with Crippen LogP contribution in [0, 0.1) is 6.92 Å². The standard InChI is InChI=1S/C19H19N3O3/c1-13-9-18(22(21-13)15-7-5-4-6-8-15)20-19(23)14-10-16(24-2)12-17(11-14)25-3/h4-12H,1-3H3,(H,20,23). The van der Waals surface area contributed by atoms with Crippen molar-refractivity contribution in [3.63, 3.8) is 0 Å². The normalized spacial score (nSPS) is 10.4. The Kier molecular flexibility index (Phi) is 4.70. The third-order valence-electron chi connectivity index (χ3n) is 3.69. The van der Waals surface area contributed by atoms with E-state index in [1.165, 1.54) is 0 Å². The second-order valence-corrected chi connectivity index (χ2v) is 5.47. The summed E-state index contributed by atoms with van der Waals surface area (Å²) in [4.78, 5) is 12.7. The second kappa shape index (κ2) is 7.09. The maximum Gasteiger partial charge on any atom is 0.257 e. The number of aryl methyl sites for hydroxylation is 1. The zero-order valence-corrected chi connectivity index (χ0v) is 14.3. The molecule has 0 aliphatic heterocycles. The SMILES string of the molecule is COc1cc(OC)cc(C(=O)Nc2cc(C)nn2-c2ccccc2)c1. The number of hydrogen-bond donors (Lipinski definition) is 1. The topological polar surface area (TPSA) is 65.4 Å². The molecule has 0 unspecified atom stereocenters. The van der Waals surface area contributed by atoms with Gasteiger partial charge in [0.1, 0.15) is 17.3 Å². The van der Waals surface area contributed by atoms with Gasteiger partial charge in [-0.2, -0.15) is 5.10 Å². The third kappa shape index (κ3) is 3.63. The van der Waals surface area contributed by atoms with E-state index in [1.54, 1.807) is 37.1 Å². The van der Waals surface area contributed by atoms with Crippen molar-refractivity contribution in [3.05, 3.63) is 65.9 Å². The summed E-state index contributed by atoms with van der Waals surface area (Å²) in [5.74, 6) is 1.43. The van der Waals surface area contributed by atoms with Crippen LogP contribution in [0.1, 0.15) is 16.1 Å². The summed E-state index contributed by atoms with van der Waals surface area (Å²) >= 11 is 0. The van der Waals surface area contributed by atoms with Gasteiger partial charge in [0, 0.05) is 17.7 Å². The minimum Gasteiger partial charge on any atom is -0.497 e. The van der Waals surface area contributed by atoms with Crippen LogP contribution < -0.4 is 14.8 Å². The van der Waals surface area contributed by atoms with Crippen molar-refractivity contribution in [2.24, 2.45) is 0 Å². The highest BCUT2D eigenvalue weighted by Gasteiger charge is 2.14. The van der Waals surface area contributed by atoms with E-state index < -0.39 is 0 Å². The fourth-order valence-corrected chi connectivity index (χ4v) is 2.48. The van der Waals surface area contributed by atoms with Crippen LogP contribution in [-0.4, -0.2) is 29.9 Å². The van der Waals surface area contributed by atoms with Crippen molar-refractivity contribution in [3.8, 4) is 17.2 Å². The fourth-order valence-electron chi connectivity index (χ4n) is 2.48. The number of aromatic nitrogens is 2. The van der Waals surface area contributed by atoms with Gasteiger partial charge in [-0.05, 0) is 31.2 Å². The van der Waals surface area contributed by atoms with Crippen LogP contribution in [0.3, 0.4) is 0 Å². The number of anilines is 1. The van der Waals surface area contributed by atoms with Crippen LogP contribution in [0.4, 0.5) is 5.82 Å². The highest BCUT2D eigenvalue weighted by molar-refractivity contribution is 6.04. The van der Waals surface area contributed by atoms with Crippen molar-refractivity contribution in [1.29, 1.82) is 0 Å². The minimum absolute atomic E-state index is 0.269. The lowest BCUT2D eigenvalue weighted by Gasteiger charge is -2.11. The van der Waals surface area contributed by atoms with E-state index in [4.69, 9.17) is 9.47 Å². The molecule has 1 aromatic heterocycles. The van der Waals surface area contributed by atoms with Gasteiger partial charge in [0.15, 0.2) is 0 Å². The molecule has 6 nitrogen and oxygen atoms in total. The first-order valence-electron chi connectivity index (χ1n) is 7.77. The van der Waals surface area contributed by atoms with Crippen molar-refractivity contribution in [1.82, 2.24) is 9.78 Å². The molecule has 3 aromatic rings. The number of hydrogen-bond acceptors (Lipinski definition) is 4. The number of amides is 1. The van der Waals surface area contributed by atoms with Crippen molar-refractivity contribution >= 4 is 11.7 Å². The Morgan fingerprint density at radius 1 is 1.00 bits per heavy atom. The summed E-state index contributed by atoms with van der Waals surface area (Å²) in [6.07, 6.45) is 0.